The Morgan fingerprint density at radius 2 is 1.15 bits per heavy atom. The van der Waals surface area contributed by atoms with E-state index in [1.165, 1.54) is 90.1 Å². The predicted octanol–water partition coefficient (Wildman–Crippen LogP) is 13.1. The molecule has 0 amide bonds. The molecule has 3 nitrogen and oxygen atoms in total. The van der Waals surface area contributed by atoms with Gasteiger partial charge in [-0.2, -0.15) is 0 Å². The minimum atomic E-state index is -2.64. The van der Waals surface area contributed by atoms with Gasteiger partial charge < -0.3 is 0 Å². The van der Waals surface area contributed by atoms with Crippen molar-refractivity contribution < 1.29 is 9.47 Å². The fraction of sp³-hybridized carbons (Fsp3) is 0.417. The van der Waals surface area contributed by atoms with E-state index in [4.69, 9.17) is 9.47 Å². The van der Waals surface area contributed by atoms with Gasteiger partial charge in [0.1, 0.15) is 0 Å². The summed E-state index contributed by atoms with van der Waals surface area (Å²) in [6.07, 6.45) is 8.95. The first-order valence-corrected chi connectivity index (χ1v) is 28.7. The molecule has 0 N–H and O–H groups in total. The van der Waals surface area contributed by atoms with Gasteiger partial charge in [0.15, 0.2) is 0 Å². The second-order valence-corrected chi connectivity index (χ2v) is 30.6. The second kappa shape index (κ2) is 19.5. The summed E-state index contributed by atoms with van der Waals surface area (Å²) in [5.74, 6) is 1.91. The Hall–Kier alpha value is -3.06. The summed E-state index contributed by atoms with van der Waals surface area (Å²) in [6.45, 7) is 13.9. The molecule has 0 radical (unpaired) electrons. The van der Waals surface area contributed by atoms with Crippen molar-refractivity contribution in [2.45, 2.75) is 125 Å². The fourth-order valence-electron chi connectivity index (χ4n) is 8.44. The average Bonchev–Trinajstić information content (AvgIpc) is 3.69. The Bertz CT molecular complexity index is 1820. The van der Waals surface area contributed by atoms with E-state index in [1.54, 1.807) is 2.89 Å². The van der Waals surface area contributed by atoms with Crippen LogP contribution in [-0.4, -0.2) is 29.3 Å². The SMILES string of the molecule is CCC[CH2][Sn]([CH2]CCC)([CH2]CCC)[c]1ccc(-c2c(OCc3ccccc3)cc(OCc3ccccc3)c3c2C[C@@H](C)N(Cc2ccccc2)[C@@H]3C)s1. The standard InChI is InChI=1S/C36H34NO2S.3C4H9.Sn/c1-26-21-31-35(27(2)37(26)23-28-13-6-3-7-14-28)32(38-24-29-15-8-4-9-16-29)22-33(36(31)34-19-12-20-40-34)39-25-30-17-10-5-11-18-30;3*1-3-4-2;/h3-19,22,26-27H,21,23-25H2,1-2H3;3*1,3-4H2,2H3;/t26-,27-;;;;/m1..../s1. The van der Waals surface area contributed by atoms with E-state index < -0.39 is 18.4 Å². The number of ether oxygens (including phenoxy) is 2. The molecule has 5 heteroatoms. The summed E-state index contributed by atoms with van der Waals surface area (Å²) in [4.78, 5) is 4.05. The van der Waals surface area contributed by atoms with E-state index in [2.05, 4.69) is 160 Å². The Morgan fingerprint density at radius 3 is 1.68 bits per heavy atom. The zero-order chi connectivity index (χ0) is 37.0. The van der Waals surface area contributed by atoms with Crippen LogP contribution in [0.3, 0.4) is 0 Å². The zero-order valence-corrected chi connectivity index (χ0v) is 36.6. The van der Waals surface area contributed by atoms with Gasteiger partial charge in [-0.25, -0.2) is 0 Å². The summed E-state index contributed by atoms with van der Waals surface area (Å²) >= 11 is -0.510. The molecular weight excluding hydrogens is 773 g/mol. The molecule has 4 aromatic carbocycles. The van der Waals surface area contributed by atoms with Crippen LogP contribution < -0.4 is 12.4 Å². The van der Waals surface area contributed by atoms with Gasteiger partial charge in [-0.05, 0) is 0 Å². The van der Waals surface area contributed by atoms with Crippen LogP contribution in [0.2, 0.25) is 13.3 Å². The number of thiophene rings is 1. The van der Waals surface area contributed by atoms with Crippen molar-refractivity contribution >= 4 is 32.6 Å². The van der Waals surface area contributed by atoms with Crippen molar-refractivity contribution in [1.82, 2.24) is 4.90 Å². The summed E-state index contributed by atoms with van der Waals surface area (Å²) < 4.78 is 20.0. The molecule has 0 spiro atoms. The van der Waals surface area contributed by atoms with Crippen LogP contribution in [-0.2, 0) is 26.2 Å². The maximum absolute atomic E-state index is 6.95. The van der Waals surface area contributed by atoms with E-state index in [0.29, 0.717) is 19.3 Å². The summed E-state index contributed by atoms with van der Waals surface area (Å²) in [5, 5.41) is 0. The normalized spacial score (nSPS) is 16.0. The quantitative estimate of drug-likeness (QED) is 0.0774. The van der Waals surface area contributed by atoms with E-state index in [1.807, 2.05) is 0 Å². The van der Waals surface area contributed by atoms with E-state index >= 15 is 0 Å². The molecule has 0 unspecified atom stereocenters. The van der Waals surface area contributed by atoms with Crippen molar-refractivity contribution in [3.05, 3.63) is 137 Å². The number of unbranched alkanes of at least 4 members (excludes halogenated alkanes) is 3. The first-order valence-electron chi connectivity index (χ1n) is 20.4. The molecular formula is C48H61NO2SSn. The molecule has 1 aromatic heterocycles. The Morgan fingerprint density at radius 1 is 0.642 bits per heavy atom. The van der Waals surface area contributed by atoms with Crippen LogP contribution in [0.15, 0.2) is 109 Å². The summed E-state index contributed by atoms with van der Waals surface area (Å²) in [6, 6.07) is 40.0. The average molecular weight is 835 g/mol. The van der Waals surface area contributed by atoms with Crippen LogP contribution in [0.1, 0.15) is 107 Å². The zero-order valence-electron chi connectivity index (χ0n) is 32.9. The second-order valence-electron chi connectivity index (χ2n) is 15.3. The molecule has 0 saturated heterocycles. The number of rotatable bonds is 19. The van der Waals surface area contributed by atoms with Crippen LogP contribution in [0.4, 0.5) is 0 Å². The molecule has 0 aliphatic carbocycles. The monoisotopic (exact) mass is 835 g/mol. The molecule has 0 bridgehead atoms. The van der Waals surface area contributed by atoms with Crippen LogP contribution >= 0.6 is 11.3 Å². The van der Waals surface area contributed by atoms with Crippen molar-refractivity contribution in [2.75, 3.05) is 0 Å². The molecule has 1 aliphatic rings. The van der Waals surface area contributed by atoms with E-state index in [9.17, 15) is 0 Å². The molecule has 0 fully saturated rings. The summed E-state index contributed by atoms with van der Waals surface area (Å²) in [7, 11) is 0. The van der Waals surface area contributed by atoms with Gasteiger partial charge in [-0.3, -0.25) is 0 Å². The molecule has 53 heavy (non-hydrogen) atoms. The fourth-order valence-corrected chi connectivity index (χ4v) is 28.7. The van der Waals surface area contributed by atoms with E-state index in [0.717, 1.165) is 24.5 Å². The third kappa shape index (κ3) is 9.79. The number of fused-ring (bicyclic) bond motifs is 1. The van der Waals surface area contributed by atoms with Gasteiger partial charge in [-0.15, -0.1) is 0 Å². The molecule has 2 atom stereocenters. The number of hydrogen-bond acceptors (Lipinski definition) is 4. The van der Waals surface area contributed by atoms with Crippen LogP contribution in [0, 0.1) is 0 Å². The third-order valence-electron chi connectivity index (χ3n) is 11.5. The van der Waals surface area contributed by atoms with Crippen molar-refractivity contribution in [3.63, 3.8) is 0 Å². The van der Waals surface area contributed by atoms with E-state index in [-0.39, 0.29) is 6.04 Å². The van der Waals surface area contributed by atoms with Crippen LogP contribution in [0.5, 0.6) is 11.5 Å². The Labute approximate surface area is 328 Å². The molecule has 6 rings (SSSR count). The number of benzene rings is 4. The third-order valence-corrected chi connectivity index (χ3v) is 30.8. The number of hydrogen-bond donors (Lipinski definition) is 0. The molecule has 0 saturated carbocycles. The van der Waals surface area contributed by atoms with Crippen molar-refractivity contribution in [2.24, 2.45) is 0 Å². The summed E-state index contributed by atoms with van der Waals surface area (Å²) in [5.41, 5.74) is 7.74. The Kier molecular flexibility index (Phi) is 14.6. The molecule has 280 valence electrons. The molecule has 2 heterocycles. The topological polar surface area (TPSA) is 21.7 Å². The van der Waals surface area contributed by atoms with Gasteiger partial charge in [-0.1, -0.05) is 12.1 Å². The maximum atomic E-state index is 6.95. The minimum absolute atomic E-state index is 0.179. The van der Waals surface area contributed by atoms with Crippen molar-refractivity contribution in [1.29, 1.82) is 0 Å². The first kappa shape index (κ1) is 39.6. The van der Waals surface area contributed by atoms with Gasteiger partial charge in [0.2, 0.25) is 0 Å². The van der Waals surface area contributed by atoms with Gasteiger partial charge in [0, 0.05) is 0 Å². The van der Waals surface area contributed by atoms with Gasteiger partial charge in [0.05, 0.1) is 0 Å². The van der Waals surface area contributed by atoms with Crippen molar-refractivity contribution in [3.8, 4) is 21.9 Å². The van der Waals surface area contributed by atoms with Crippen LogP contribution in [0.25, 0.3) is 10.4 Å². The molecule has 5 aromatic rings. The first-order chi connectivity index (χ1) is 26.0. The van der Waals surface area contributed by atoms with Gasteiger partial charge in [0.25, 0.3) is 0 Å². The number of nitrogens with zero attached hydrogens (tertiary/aromatic N) is 1. The molecule has 1 aliphatic heterocycles. The van der Waals surface area contributed by atoms with Gasteiger partial charge >= 0.3 is 319 Å². The predicted molar refractivity (Wildman–Crippen MR) is 229 cm³/mol. The Balaban J connectivity index is 1.50.